The van der Waals surface area contributed by atoms with E-state index in [9.17, 15) is 4.79 Å². The van der Waals surface area contributed by atoms with Crippen LogP contribution in [-0.2, 0) is 6.42 Å². The second-order valence-corrected chi connectivity index (χ2v) is 7.87. The van der Waals surface area contributed by atoms with Crippen LogP contribution in [0.3, 0.4) is 0 Å². The molecule has 4 heteroatoms. The molecule has 2 saturated heterocycles. The monoisotopic (exact) mass is 324 g/mol. The number of carbonyl (C=O) groups excluding carboxylic acids is 1. The van der Waals surface area contributed by atoms with Crippen LogP contribution in [0.15, 0.2) is 22.6 Å². The van der Waals surface area contributed by atoms with Crippen LogP contribution in [0.25, 0.3) is 11.0 Å². The number of amides is 1. The lowest BCUT2D eigenvalue weighted by molar-refractivity contribution is -0.0169. The first-order valence-electron chi connectivity index (χ1n) is 9.25. The predicted octanol–water partition coefficient (Wildman–Crippen LogP) is 3.29. The van der Waals surface area contributed by atoms with Crippen LogP contribution in [0.2, 0.25) is 0 Å². The highest BCUT2D eigenvalue weighted by Gasteiger charge is 2.49. The first kappa shape index (κ1) is 14.5. The zero-order chi connectivity index (χ0) is 16.4. The van der Waals surface area contributed by atoms with Crippen molar-refractivity contribution in [1.82, 2.24) is 4.90 Å². The van der Waals surface area contributed by atoms with Crippen LogP contribution < -0.4 is 5.73 Å². The SMILES string of the molecule is CC[C@H]1C[C@H]2C[C@H]3c4oc5ccc(C(N)=O)cc5c4CCN(C2)C13. The number of primary amides is 1. The van der Waals surface area contributed by atoms with Crippen molar-refractivity contribution in [3.8, 4) is 0 Å². The Hall–Kier alpha value is -1.81. The van der Waals surface area contributed by atoms with Crippen LogP contribution in [0.5, 0.6) is 0 Å². The molecule has 1 saturated carbocycles. The maximum atomic E-state index is 11.6. The number of rotatable bonds is 2. The Morgan fingerprint density at radius 1 is 1.38 bits per heavy atom. The number of nitrogens with two attached hydrogens (primary N) is 1. The summed E-state index contributed by atoms with van der Waals surface area (Å²) in [6.07, 6.45) is 4.92. The fourth-order valence-corrected chi connectivity index (χ4v) is 5.69. The molecule has 1 aromatic carbocycles. The largest absolute Gasteiger partial charge is 0.460 e. The van der Waals surface area contributed by atoms with E-state index in [1.54, 1.807) is 6.07 Å². The highest BCUT2D eigenvalue weighted by atomic mass is 16.3. The average Bonchev–Trinajstić information content (AvgIpc) is 2.92. The lowest BCUT2D eigenvalue weighted by Crippen LogP contribution is -2.56. The summed E-state index contributed by atoms with van der Waals surface area (Å²) in [4.78, 5) is 14.3. The van der Waals surface area contributed by atoms with Gasteiger partial charge in [-0.1, -0.05) is 13.3 Å². The summed E-state index contributed by atoms with van der Waals surface area (Å²) in [7, 11) is 0. The van der Waals surface area contributed by atoms with Crippen LogP contribution >= 0.6 is 0 Å². The molecule has 0 spiro atoms. The van der Waals surface area contributed by atoms with E-state index in [1.165, 1.54) is 37.1 Å². The minimum atomic E-state index is -0.368. The van der Waals surface area contributed by atoms with Gasteiger partial charge in [0.25, 0.3) is 0 Å². The summed E-state index contributed by atoms with van der Waals surface area (Å²) in [5.74, 6) is 2.95. The van der Waals surface area contributed by atoms with E-state index < -0.39 is 0 Å². The number of hydrogen-bond donors (Lipinski definition) is 1. The van der Waals surface area contributed by atoms with E-state index in [2.05, 4.69) is 11.8 Å². The first-order chi connectivity index (χ1) is 11.7. The Kier molecular flexibility index (Phi) is 3.08. The summed E-state index contributed by atoms with van der Waals surface area (Å²) in [6, 6.07) is 6.26. The molecule has 4 bridgehead atoms. The number of fused-ring (bicyclic) bond motifs is 4. The summed E-state index contributed by atoms with van der Waals surface area (Å²) in [5, 5.41) is 1.10. The number of piperidine rings is 2. The van der Waals surface area contributed by atoms with Crippen LogP contribution in [0, 0.1) is 11.8 Å². The molecular formula is C20H24N2O2. The van der Waals surface area contributed by atoms with E-state index in [0.29, 0.717) is 17.5 Å². The van der Waals surface area contributed by atoms with E-state index in [4.69, 9.17) is 10.2 Å². The molecule has 2 aromatic rings. The predicted molar refractivity (Wildman–Crippen MR) is 93.0 cm³/mol. The standard InChI is InChI=1S/C20H24N2O2/c1-2-12-7-11-8-16-18(12)22(10-11)6-5-14-15-9-13(20(21)23)3-4-17(15)24-19(14)16/h3-4,9,11-12,16,18H,2,5-8,10H2,1H3,(H2,21,23)/t11-,12-,16+,18?/m0/s1. The van der Waals surface area contributed by atoms with Crippen molar-refractivity contribution in [1.29, 1.82) is 0 Å². The maximum absolute atomic E-state index is 11.6. The molecule has 1 aliphatic carbocycles. The molecule has 4 nitrogen and oxygen atoms in total. The molecule has 3 fully saturated rings. The molecule has 2 unspecified atom stereocenters. The number of carbonyl (C=O) groups is 1. The number of hydrogen-bond acceptors (Lipinski definition) is 3. The minimum Gasteiger partial charge on any atom is -0.460 e. The Morgan fingerprint density at radius 3 is 3.04 bits per heavy atom. The molecule has 5 atom stereocenters. The molecular weight excluding hydrogens is 300 g/mol. The minimum absolute atomic E-state index is 0.368. The van der Waals surface area contributed by atoms with E-state index in [1.807, 2.05) is 12.1 Å². The number of benzene rings is 1. The second kappa shape index (κ2) is 5.09. The van der Waals surface area contributed by atoms with E-state index in [-0.39, 0.29) is 5.91 Å². The highest BCUT2D eigenvalue weighted by Crippen LogP contribution is 2.51. The fraction of sp³-hybridized carbons (Fsp3) is 0.550. The molecule has 0 radical (unpaired) electrons. The Balaban J connectivity index is 1.67. The van der Waals surface area contributed by atoms with Gasteiger partial charge >= 0.3 is 0 Å². The van der Waals surface area contributed by atoms with Gasteiger partial charge in [0, 0.05) is 41.6 Å². The zero-order valence-electron chi connectivity index (χ0n) is 14.1. The van der Waals surface area contributed by atoms with E-state index in [0.717, 1.165) is 35.8 Å². The van der Waals surface area contributed by atoms with Gasteiger partial charge in [-0.15, -0.1) is 0 Å². The maximum Gasteiger partial charge on any atom is 0.248 e. The van der Waals surface area contributed by atoms with Crippen molar-refractivity contribution in [2.75, 3.05) is 13.1 Å². The van der Waals surface area contributed by atoms with Gasteiger partial charge in [0.2, 0.25) is 5.91 Å². The topological polar surface area (TPSA) is 59.5 Å². The average molecular weight is 324 g/mol. The number of furan rings is 1. The molecule has 2 N–H and O–H groups in total. The van der Waals surface area contributed by atoms with Gasteiger partial charge in [0.15, 0.2) is 0 Å². The van der Waals surface area contributed by atoms with Crippen molar-refractivity contribution in [3.05, 3.63) is 35.1 Å². The van der Waals surface area contributed by atoms with Gasteiger partial charge in [0.05, 0.1) is 0 Å². The fourth-order valence-electron chi connectivity index (χ4n) is 5.69. The molecule has 4 aliphatic rings. The van der Waals surface area contributed by atoms with Crippen molar-refractivity contribution >= 4 is 16.9 Å². The first-order valence-corrected chi connectivity index (χ1v) is 9.25. The Bertz CT molecular complexity index is 824. The van der Waals surface area contributed by atoms with Gasteiger partial charge in [-0.25, -0.2) is 0 Å². The van der Waals surface area contributed by atoms with Crippen LogP contribution in [-0.4, -0.2) is 29.9 Å². The summed E-state index contributed by atoms with van der Waals surface area (Å²) < 4.78 is 6.36. The van der Waals surface area contributed by atoms with Crippen LogP contribution in [0.1, 0.15) is 53.8 Å². The zero-order valence-corrected chi connectivity index (χ0v) is 14.1. The summed E-state index contributed by atoms with van der Waals surface area (Å²) >= 11 is 0. The molecule has 6 rings (SSSR count). The normalized spacial score (nSPS) is 34.1. The third kappa shape index (κ3) is 1.92. The number of nitrogens with zero attached hydrogens (tertiary/aromatic N) is 1. The van der Waals surface area contributed by atoms with Gasteiger partial charge in [-0.3, -0.25) is 9.69 Å². The molecule has 3 aliphatic heterocycles. The van der Waals surface area contributed by atoms with Crippen molar-refractivity contribution in [3.63, 3.8) is 0 Å². The third-order valence-electron chi connectivity index (χ3n) is 6.65. The van der Waals surface area contributed by atoms with Crippen molar-refractivity contribution in [2.45, 2.75) is 44.6 Å². The lowest BCUT2D eigenvalue weighted by Gasteiger charge is -2.52. The van der Waals surface area contributed by atoms with E-state index >= 15 is 0 Å². The van der Waals surface area contributed by atoms with Gasteiger partial charge in [0.1, 0.15) is 11.3 Å². The van der Waals surface area contributed by atoms with Gasteiger partial charge in [-0.2, -0.15) is 0 Å². The highest BCUT2D eigenvalue weighted by molar-refractivity contribution is 5.97. The second-order valence-electron chi connectivity index (χ2n) is 7.87. The molecule has 4 heterocycles. The summed E-state index contributed by atoms with van der Waals surface area (Å²) in [5.41, 5.74) is 8.28. The molecule has 126 valence electrons. The van der Waals surface area contributed by atoms with Gasteiger partial charge < -0.3 is 10.2 Å². The van der Waals surface area contributed by atoms with Crippen LogP contribution in [0.4, 0.5) is 0 Å². The smallest absolute Gasteiger partial charge is 0.248 e. The molecule has 1 amide bonds. The Morgan fingerprint density at radius 2 is 2.25 bits per heavy atom. The lowest BCUT2D eigenvalue weighted by atomic mass is 9.65. The van der Waals surface area contributed by atoms with Crippen molar-refractivity contribution in [2.24, 2.45) is 17.6 Å². The molecule has 24 heavy (non-hydrogen) atoms. The summed E-state index contributed by atoms with van der Waals surface area (Å²) in [6.45, 7) is 4.69. The van der Waals surface area contributed by atoms with Gasteiger partial charge in [-0.05, 0) is 49.3 Å². The quantitative estimate of drug-likeness (QED) is 0.922. The third-order valence-corrected chi connectivity index (χ3v) is 6.65. The molecule has 1 aromatic heterocycles. The Labute approximate surface area is 142 Å². The van der Waals surface area contributed by atoms with Crippen molar-refractivity contribution < 1.29 is 9.21 Å².